The number of carbonyl (C=O) groups is 1. The second-order valence-electron chi connectivity index (χ2n) is 3.22. The van der Waals surface area contributed by atoms with Crippen molar-refractivity contribution in [3.8, 4) is 0 Å². The van der Waals surface area contributed by atoms with Crippen LogP contribution in [0.4, 0.5) is 5.69 Å². The first-order valence-electron chi connectivity index (χ1n) is 4.56. The predicted octanol–water partition coefficient (Wildman–Crippen LogP) is 4.86. The van der Waals surface area contributed by atoms with Gasteiger partial charge in [0.05, 0.1) is 14.1 Å². The number of hydrogen-bond donors (Lipinski definition) is 1. The molecule has 1 aromatic heterocycles. The van der Waals surface area contributed by atoms with E-state index >= 15 is 0 Å². The van der Waals surface area contributed by atoms with E-state index in [2.05, 4.69) is 50.5 Å². The van der Waals surface area contributed by atoms with Gasteiger partial charge < -0.3 is 5.32 Å². The maximum Gasteiger partial charge on any atom is 0.256 e. The first-order valence-corrected chi connectivity index (χ1v) is 7.98. The summed E-state index contributed by atoms with van der Waals surface area (Å²) < 4.78 is 2.02. The third kappa shape index (κ3) is 3.55. The minimum atomic E-state index is -0.0931. The molecule has 0 atom stereocenters. The number of benzene rings is 1. The SMILES string of the molecule is O=C(Nc1ccc(Cl)cc1I)c1csc(I)c1. The molecule has 0 unspecified atom stereocenters. The first kappa shape index (κ1) is 13.6. The number of carbonyl (C=O) groups excluding carboxylic acids is 1. The molecule has 0 aliphatic carbocycles. The molecule has 6 heteroatoms. The normalized spacial score (nSPS) is 10.3. The molecule has 0 aliphatic rings. The number of hydrogen-bond acceptors (Lipinski definition) is 2. The Bertz CT molecular complexity index is 570. The van der Waals surface area contributed by atoms with Crippen molar-refractivity contribution in [2.24, 2.45) is 0 Å². The molecule has 0 fully saturated rings. The van der Waals surface area contributed by atoms with Crippen LogP contribution in [0.5, 0.6) is 0 Å². The minimum absolute atomic E-state index is 0.0931. The Morgan fingerprint density at radius 1 is 1.29 bits per heavy atom. The molecule has 2 aromatic rings. The lowest BCUT2D eigenvalue weighted by Crippen LogP contribution is -2.11. The van der Waals surface area contributed by atoms with Crippen LogP contribution in [-0.4, -0.2) is 5.91 Å². The fraction of sp³-hybridized carbons (Fsp3) is 0. The van der Waals surface area contributed by atoms with Crippen molar-refractivity contribution in [2.75, 3.05) is 5.32 Å². The van der Waals surface area contributed by atoms with Gasteiger partial charge in [-0.05, 0) is 69.4 Å². The van der Waals surface area contributed by atoms with Gasteiger partial charge in [0.25, 0.3) is 5.91 Å². The highest BCUT2D eigenvalue weighted by molar-refractivity contribution is 14.1. The Hall–Kier alpha value is 0.140. The van der Waals surface area contributed by atoms with E-state index in [4.69, 9.17) is 11.6 Å². The standard InChI is InChI=1S/C11H6ClI2NOS/c12-7-1-2-9(8(13)4-7)15-11(16)6-3-10(14)17-5-6/h1-5H,(H,15,16). The monoisotopic (exact) mass is 489 g/mol. The number of amides is 1. The summed E-state index contributed by atoms with van der Waals surface area (Å²) in [6.07, 6.45) is 0. The van der Waals surface area contributed by atoms with Crippen LogP contribution in [0.25, 0.3) is 0 Å². The third-order valence-corrected chi connectivity index (χ3v) is 4.93. The molecule has 1 amide bonds. The largest absolute Gasteiger partial charge is 0.321 e. The van der Waals surface area contributed by atoms with E-state index in [1.54, 1.807) is 23.5 Å². The van der Waals surface area contributed by atoms with Crippen molar-refractivity contribution < 1.29 is 4.79 Å². The average Bonchev–Trinajstić information content (AvgIpc) is 2.69. The molecule has 2 rings (SSSR count). The second-order valence-corrected chi connectivity index (χ2v) is 7.62. The van der Waals surface area contributed by atoms with Gasteiger partial charge in [0.1, 0.15) is 0 Å². The number of rotatable bonds is 2. The Labute approximate surface area is 135 Å². The molecular weight excluding hydrogens is 483 g/mol. The Morgan fingerprint density at radius 3 is 2.65 bits per heavy atom. The van der Waals surface area contributed by atoms with Gasteiger partial charge in [0.15, 0.2) is 0 Å². The fourth-order valence-corrected chi connectivity index (χ4v) is 3.55. The maximum absolute atomic E-state index is 11.9. The Balaban J connectivity index is 2.18. The third-order valence-electron chi connectivity index (χ3n) is 2.01. The lowest BCUT2D eigenvalue weighted by molar-refractivity contribution is 0.102. The Morgan fingerprint density at radius 2 is 2.06 bits per heavy atom. The molecule has 0 spiro atoms. The molecule has 1 aromatic carbocycles. The van der Waals surface area contributed by atoms with E-state index in [0.29, 0.717) is 10.6 Å². The number of nitrogens with one attached hydrogen (secondary N) is 1. The van der Waals surface area contributed by atoms with Crippen LogP contribution in [0.1, 0.15) is 10.4 Å². The van der Waals surface area contributed by atoms with E-state index in [1.165, 1.54) is 0 Å². The van der Waals surface area contributed by atoms with E-state index in [0.717, 1.165) is 12.1 Å². The van der Waals surface area contributed by atoms with Crippen molar-refractivity contribution >= 4 is 79.7 Å². The van der Waals surface area contributed by atoms with Gasteiger partial charge >= 0.3 is 0 Å². The van der Waals surface area contributed by atoms with Crippen LogP contribution in [0.3, 0.4) is 0 Å². The molecule has 0 radical (unpaired) electrons. The summed E-state index contributed by atoms with van der Waals surface area (Å²) >= 11 is 11.8. The molecule has 17 heavy (non-hydrogen) atoms. The second kappa shape index (κ2) is 5.85. The topological polar surface area (TPSA) is 29.1 Å². The molecule has 0 bridgehead atoms. The molecule has 0 aliphatic heterocycles. The highest BCUT2D eigenvalue weighted by Gasteiger charge is 2.10. The summed E-state index contributed by atoms with van der Waals surface area (Å²) in [5.74, 6) is -0.0931. The van der Waals surface area contributed by atoms with Crippen LogP contribution in [0.2, 0.25) is 5.02 Å². The summed E-state index contributed by atoms with van der Waals surface area (Å²) in [7, 11) is 0. The molecule has 1 N–H and O–H groups in total. The molecule has 0 saturated heterocycles. The summed E-state index contributed by atoms with van der Waals surface area (Å²) in [4.78, 5) is 11.9. The highest BCUT2D eigenvalue weighted by atomic mass is 127. The van der Waals surface area contributed by atoms with Crippen molar-refractivity contribution in [1.29, 1.82) is 0 Å². The smallest absolute Gasteiger partial charge is 0.256 e. The van der Waals surface area contributed by atoms with Crippen molar-refractivity contribution in [1.82, 2.24) is 0 Å². The zero-order chi connectivity index (χ0) is 12.4. The molecule has 0 saturated carbocycles. The van der Waals surface area contributed by atoms with E-state index in [-0.39, 0.29) is 5.91 Å². The van der Waals surface area contributed by atoms with E-state index < -0.39 is 0 Å². The van der Waals surface area contributed by atoms with Gasteiger partial charge in [-0.25, -0.2) is 0 Å². The molecule has 2 nitrogen and oxygen atoms in total. The number of anilines is 1. The van der Waals surface area contributed by atoms with Crippen LogP contribution in [-0.2, 0) is 0 Å². The maximum atomic E-state index is 11.9. The summed E-state index contributed by atoms with van der Waals surface area (Å²) in [5, 5.41) is 5.38. The van der Waals surface area contributed by atoms with Gasteiger partial charge in [0.2, 0.25) is 0 Å². The van der Waals surface area contributed by atoms with Gasteiger partial charge in [-0.3, -0.25) is 4.79 Å². The molecular formula is C11H6ClI2NOS. The summed E-state index contributed by atoms with van der Waals surface area (Å²) in [5.41, 5.74) is 1.46. The van der Waals surface area contributed by atoms with Gasteiger partial charge in [0, 0.05) is 14.0 Å². The zero-order valence-electron chi connectivity index (χ0n) is 8.34. The van der Waals surface area contributed by atoms with Crippen molar-refractivity contribution in [3.05, 3.63) is 46.7 Å². The quantitative estimate of drug-likeness (QED) is 0.600. The van der Waals surface area contributed by atoms with E-state index in [9.17, 15) is 4.79 Å². The zero-order valence-corrected chi connectivity index (χ0v) is 14.2. The first-order chi connectivity index (χ1) is 8.06. The fourth-order valence-electron chi connectivity index (χ4n) is 1.21. The van der Waals surface area contributed by atoms with Crippen LogP contribution >= 0.6 is 68.1 Å². The van der Waals surface area contributed by atoms with Crippen molar-refractivity contribution in [2.45, 2.75) is 0 Å². The predicted molar refractivity (Wildman–Crippen MR) is 89.2 cm³/mol. The number of halogens is 3. The summed E-state index contributed by atoms with van der Waals surface area (Å²) in [6.45, 7) is 0. The van der Waals surface area contributed by atoms with Crippen LogP contribution in [0, 0.1) is 6.45 Å². The van der Waals surface area contributed by atoms with Gasteiger partial charge in [-0.1, -0.05) is 11.6 Å². The molecule has 1 heterocycles. The average molecular weight is 490 g/mol. The van der Waals surface area contributed by atoms with Crippen LogP contribution in [0.15, 0.2) is 29.6 Å². The minimum Gasteiger partial charge on any atom is -0.321 e. The lowest BCUT2D eigenvalue weighted by atomic mass is 10.3. The van der Waals surface area contributed by atoms with Gasteiger partial charge in [-0.15, -0.1) is 11.3 Å². The Kier molecular flexibility index (Phi) is 4.67. The van der Waals surface area contributed by atoms with E-state index in [1.807, 2.05) is 17.5 Å². The molecule has 88 valence electrons. The highest BCUT2D eigenvalue weighted by Crippen LogP contribution is 2.24. The van der Waals surface area contributed by atoms with Crippen LogP contribution < -0.4 is 5.32 Å². The lowest BCUT2D eigenvalue weighted by Gasteiger charge is -2.06. The number of thiophene rings is 1. The summed E-state index contributed by atoms with van der Waals surface area (Å²) in [6, 6.07) is 7.24. The van der Waals surface area contributed by atoms with Gasteiger partial charge in [-0.2, -0.15) is 0 Å². The van der Waals surface area contributed by atoms with Crippen molar-refractivity contribution in [3.63, 3.8) is 0 Å².